The molecule has 0 aliphatic heterocycles. The van der Waals surface area contributed by atoms with Gasteiger partial charge in [0, 0.05) is 31.8 Å². The lowest BCUT2D eigenvalue weighted by atomic mass is 10.0. The van der Waals surface area contributed by atoms with Crippen molar-refractivity contribution in [2.75, 3.05) is 30.3 Å². The highest BCUT2D eigenvalue weighted by molar-refractivity contribution is 7.21. The summed E-state index contributed by atoms with van der Waals surface area (Å²) in [5.41, 5.74) is 1.53. The molecule has 2 aromatic heterocycles. The summed E-state index contributed by atoms with van der Waals surface area (Å²) in [7, 11) is 0. The molecule has 3 aromatic rings. The number of aliphatic hydroxyl groups excluding tert-OH is 1. The van der Waals surface area contributed by atoms with Gasteiger partial charge in [-0.1, -0.05) is 13.3 Å². The molecule has 202 valence electrons. The molecule has 1 aliphatic rings. The molecule has 8 nitrogen and oxygen atoms in total. The van der Waals surface area contributed by atoms with Gasteiger partial charge in [0.1, 0.15) is 10.8 Å². The van der Waals surface area contributed by atoms with Crippen LogP contribution in [0.1, 0.15) is 38.3 Å². The molecule has 0 radical (unpaired) electrons. The van der Waals surface area contributed by atoms with Gasteiger partial charge in [0.2, 0.25) is 5.95 Å². The van der Waals surface area contributed by atoms with E-state index >= 15 is 0 Å². The number of nitrogens with zero attached hydrogens (tertiary/aromatic N) is 3. The van der Waals surface area contributed by atoms with E-state index in [1.54, 1.807) is 0 Å². The van der Waals surface area contributed by atoms with Gasteiger partial charge in [-0.2, -0.15) is 22.5 Å². The number of aromatic nitrogens is 3. The Kier molecular flexibility index (Phi) is 8.85. The monoisotopic (exact) mass is 543 g/mol. The van der Waals surface area contributed by atoms with Gasteiger partial charge in [-0.25, -0.2) is 9.97 Å². The fourth-order valence-electron chi connectivity index (χ4n) is 3.83. The first-order valence-electron chi connectivity index (χ1n) is 12.1. The lowest BCUT2D eigenvalue weighted by molar-refractivity contribution is -0.0690. The van der Waals surface area contributed by atoms with Crippen molar-refractivity contribution >= 4 is 33.3 Å². The van der Waals surface area contributed by atoms with Gasteiger partial charge < -0.3 is 25.2 Å². The Morgan fingerprint density at radius 2 is 1.76 bits per heavy atom. The van der Waals surface area contributed by atoms with Crippen molar-refractivity contribution in [2.24, 2.45) is 11.8 Å². The van der Waals surface area contributed by atoms with Crippen LogP contribution in [0.5, 0.6) is 11.5 Å². The molecule has 1 atom stereocenters. The van der Waals surface area contributed by atoms with Crippen molar-refractivity contribution in [3.63, 3.8) is 0 Å². The molecule has 4 rings (SSSR count). The molecule has 0 saturated heterocycles. The highest BCUT2D eigenvalue weighted by Gasteiger charge is 2.24. The Hall–Kier alpha value is -2.93. The number of rotatable bonds is 14. The summed E-state index contributed by atoms with van der Waals surface area (Å²) in [4.78, 5) is 13.8. The first-order valence-corrected chi connectivity index (χ1v) is 12.9. The smallest absolute Gasteiger partial charge is 0.387 e. The minimum atomic E-state index is -3.22. The van der Waals surface area contributed by atoms with Gasteiger partial charge in [0.15, 0.2) is 11.5 Å². The molecular weight excluding hydrogens is 514 g/mol. The summed E-state index contributed by atoms with van der Waals surface area (Å²) in [6.07, 6.45) is 3.92. The lowest BCUT2D eigenvalue weighted by Gasteiger charge is -2.16. The molecule has 37 heavy (non-hydrogen) atoms. The van der Waals surface area contributed by atoms with E-state index in [4.69, 9.17) is 0 Å². The minimum Gasteiger partial charge on any atom is -0.431 e. The van der Waals surface area contributed by atoms with Crippen LogP contribution in [-0.4, -0.2) is 53.0 Å². The second-order valence-electron chi connectivity index (χ2n) is 8.90. The number of thiazole rings is 1. The number of halogens is 4. The van der Waals surface area contributed by atoms with E-state index in [2.05, 4.69) is 35.1 Å². The summed E-state index contributed by atoms with van der Waals surface area (Å²) >= 11 is 1.17. The molecule has 1 fully saturated rings. The third-order valence-corrected chi connectivity index (χ3v) is 7.15. The topological polar surface area (TPSA) is 101 Å². The second kappa shape index (κ2) is 12.1. The third kappa shape index (κ3) is 7.10. The van der Waals surface area contributed by atoms with Crippen LogP contribution in [0.15, 0.2) is 12.1 Å². The zero-order valence-corrected chi connectivity index (χ0v) is 21.3. The van der Waals surface area contributed by atoms with Crippen LogP contribution in [-0.2, 0) is 0 Å². The lowest BCUT2D eigenvalue weighted by Crippen LogP contribution is -2.15. The Morgan fingerprint density at radius 3 is 2.38 bits per heavy atom. The highest BCUT2D eigenvalue weighted by atomic mass is 32.1. The highest BCUT2D eigenvalue weighted by Crippen LogP contribution is 2.41. The summed E-state index contributed by atoms with van der Waals surface area (Å²) in [6.45, 7) is -1.18. The van der Waals surface area contributed by atoms with Gasteiger partial charge >= 0.3 is 13.2 Å². The number of hydrogen-bond acceptors (Lipinski definition) is 9. The van der Waals surface area contributed by atoms with Crippen LogP contribution >= 0.6 is 11.3 Å². The fourth-order valence-corrected chi connectivity index (χ4v) is 4.91. The van der Waals surface area contributed by atoms with Crippen LogP contribution in [0.25, 0.3) is 20.8 Å². The van der Waals surface area contributed by atoms with E-state index in [1.807, 2.05) is 13.8 Å². The maximum Gasteiger partial charge on any atom is 0.387 e. The zero-order chi connectivity index (χ0) is 26.5. The van der Waals surface area contributed by atoms with Crippen molar-refractivity contribution in [1.82, 2.24) is 15.0 Å². The molecule has 13 heteroatoms. The predicted molar refractivity (Wildman–Crippen MR) is 134 cm³/mol. The summed E-state index contributed by atoms with van der Waals surface area (Å²) in [5.74, 6) is 0.749. The van der Waals surface area contributed by atoms with Gasteiger partial charge in [0.25, 0.3) is 0 Å². The molecule has 1 unspecified atom stereocenters. The number of anilines is 2. The van der Waals surface area contributed by atoms with E-state index in [0.29, 0.717) is 45.2 Å². The van der Waals surface area contributed by atoms with E-state index in [1.165, 1.54) is 30.2 Å². The van der Waals surface area contributed by atoms with E-state index in [9.17, 15) is 22.7 Å². The SMILES string of the molecule is CCC(CO)CCNc1nc(NCC2CC2)nc(C)c1-c1nc2cc(OC(F)F)c(OC(F)F)cc2s1. The molecule has 0 bridgehead atoms. The standard InChI is InChI=1S/C24H29F4N5O3S/c1-3-13(11-34)6-7-29-20-19(12(2)31-24(33-20)30-10-14-4-5-14)21-32-15-8-16(35-22(25)26)17(36-23(27)28)9-18(15)37-21/h8-9,13-14,22-23,34H,3-7,10-11H2,1-2H3,(H2,29,30,31,33). The second-order valence-corrected chi connectivity index (χ2v) is 9.93. The third-order valence-electron chi connectivity index (χ3n) is 6.12. The predicted octanol–water partition coefficient (Wildman–Crippen LogP) is 5.91. The maximum atomic E-state index is 12.9. The largest absolute Gasteiger partial charge is 0.431 e. The van der Waals surface area contributed by atoms with Gasteiger partial charge in [0.05, 0.1) is 21.5 Å². The van der Waals surface area contributed by atoms with Crippen molar-refractivity contribution < 1.29 is 32.1 Å². The molecule has 0 amide bonds. The van der Waals surface area contributed by atoms with Crippen LogP contribution < -0.4 is 20.1 Å². The average molecular weight is 544 g/mol. The van der Waals surface area contributed by atoms with E-state index < -0.39 is 24.7 Å². The van der Waals surface area contributed by atoms with Gasteiger partial charge in [-0.3, -0.25) is 0 Å². The fraction of sp³-hybridized carbons (Fsp3) is 0.542. The minimum absolute atomic E-state index is 0.0892. The van der Waals surface area contributed by atoms with Crippen molar-refractivity contribution in [3.8, 4) is 22.1 Å². The van der Waals surface area contributed by atoms with Gasteiger partial charge in [-0.15, -0.1) is 11.3 Å². The molecular formula is C24H29F4N5O3S. The number of alkyl halides is 4. The average Bonchev–Trinajstić information content (AvgIpc) is 3.58. The Labute approximate surface area is 215 Å². The first kappa shape index (κ1) is 27.1. The summed E-state index contributed by atoms with van der Waals surface area (Å²) < 4.78 is 60.7. The number of ether oxygens (including phenoxy) is 2. The quantitative estimate of drug-likeness (QED) is 0.216. The van der Waals surface area contributed by atoms with E-state index in [0.717, 1.165) is 25.5 Å². The first-order chi connectivity index (χ1) is 17.8. The Balaban J connectivity index is 1.70. The van der Waals surface area contributed by atoms with Crippen molar-refractivity contribution in [3.05, 3.63) is 17.8 Å². The van der Waals surface area contributed by atoms with E-state index in [-0.39, 0.29) is 18.0 Å². The molecule has 0 spiro atoms. The number of hydrogen-bond donors (Lipinski definition) is 3. The van der Waals surface area contributed by atoms with Crippen molar-refractivity contribution in [2.45, 2.75) is 52.8 Å². The number of aryl methyl sites for hydroxylation is 1. The number of nitrogens with one attached hydrogen (secondary N) is 2. The number of fused-ring (bicyclic) bond motifs is 1. The van der Waals surface area contributed by atoms with Crippen LogP contribution in [0.4, 0.5) is 29.3 Å². The van der Waals surface area contributed by atoms with Gasteiger partial charge in [-0.05, 0) is 38.0 Å². The number of aliphatic hydroxyl groups is 1. The Bertz CT molecular complexity index is 1160. The Morgan fingerprint density at radius 1 is 1.05 bits per heavy atom. The summed E-state index contributed by atoms with van der Waals surface area (Å²) in [6, 6.07) is 2.36. The van der Waals surface area contributed by atoms with Crippen LogP contribution in [0.3, 0.4) is 0 Å². The van der Waals surface area contributed by atoms with Crippen LogP contribution in [0, 0.1) is 18.8 Å². The normalized spacial score (nSPS) is 14.4. The zero-order valence-electron chi connectivity index (χ0n) is 20.4. The number of benzene rings is 1. The maximum absolute atomic E-state index is 12.9. The summed E-state index contributed by atoms with van der Waals surface area (Å²) in [5, 5.41) is 16.6. The molecule has 1 saturated carbocycles. The van der Waals surface area contributed by atoms with Crippen LogP contribution in [0.2, 0.25) is 0 Å². The molecule has 1 aromatic carbocycles. The molecule has 3 N–H and O–H groups in total. The molecule has 1 aliphatic carbocycles. The van der Waals surface area contributed by atoms with Crippen molar-refractivity contribution in [1.29, 1.82) is 0 Å². The molecule has 2 heterocycles.